The number of aromatic nitrogens is 1. The van der Waals surface area contributed by atoms with Crippen LogP contribution in [0.25, 0.3) is 10.8 Å². The molecule has 1 aromatic carbocycles. The molecule has 0 aliphatic carbocycles. The predicted octanol–water partition coefficient (Wildman–Crippen LogP) is 3.97. The van der Waals surface area contributed by atoms with E-state index in [0.29, 0.717) is 6.04 Å². The third-order valence-electron chi connectivity index (χ3n) is 3.77. The summed E-state index contributed by atoms with van der Waals surface area (Å²) in [5, 5.41) is 6.06. The standard InChI is InChI=1S/C18H27N3/c1-13(2)21(6)17-16-10-8-7-9-15(16)14(11-19-17)12-20-18(3,4)5/h7-11,13,20H,12H2,1-6H3. The van der Waals surface area contributed by atoms with Crippen LogP contribution in [0.1, 0.15) is 40.2 Å². The first kappa shape index (κ1) is 15.8. The van der Waals surface area contributed by atoms with Crippen LogP contribution in [0.4, 0.5) is 5.82 Å². The minimum Gasteiger partial charge on any atom is -0.357 e. The molecule has 0 saturated carbocycles. The van der Waals surface area contributed by atoms with E-state index in [2.05, 4.69) is 76.1 Å². The number of pyridine rings is 1. The van der Waals surface area contributed by atoms with Crippen molar-refractivity contribution >= 4 is 16.6 Å². The zero-order valence-corrected chi connectivity index (χ0v) is 14.1. The highest BCUT2D eigenvalue weighted by molar-refractivity contribution is 5.94. The number of benzene rings is 1. The van der Waals surface area contributed by atoms with E-state index in [1.165, 1.54) is 16.3 Å². The average Bonchev–Trinajstić information content (AvgIpc) is 2.43. The van der Waals surface area contributed by atoms with Crippen molar-refractivity contribution in [2.75, 3.05) is 11.9 Å². The summed E-state index contributed by atoms with van der Waals surface area (Å²) in [5.41, 5.74) is 1.36. The number of anilines is 1. The van der Waals surface area contributed by atoms with Crippen molar-refractivity contribution in [1.29, 1.82) is 0 Å². The number of nitrogens with one attached hydrogen (secondary N) is 1. The van der Waals surface area contributed by atoms with Crippen molar-refractivity contribution in [1.82, 2.24) is 10.3 Å². The normalized spacial score (nSPS) is 12.1. The fourth-order valence-corrected chi connectivity index (χ4v) is 2.26. The van der Waals surface area contributed by atoms with Gasteiger partial charge in [0.15, 0.2) is 0 Å². The number of fused-ring (bicyclic) bond motifs is 1. The third-order valence-corrected chi connectivity index (χ3v) is 3.77. The van der Waals surface area contributed by atoms with Crippen LogP contribution in [0, 0.1) is 0 Å². The minimum atomic E-state index is 0.106. The van der Waals surface area contributed by atoms with Gasteiger partial charge in [0.1, 0.15) is 5.82 Å². The van der Waals surface area contributed by atoms with Crippen LogP contribution in [0.5, 0.6) is 0 Å². The van der Waals surface area contributed by atoms with Gasteiger partial charge in [0, 0.05) is 36.8 Å². The van der Waals surface area contributed by atoms with Crippen molar-refractivity contribution in [3.05, 3.63) is 36.0 Å². The van der Waals surface area contributed by atoms with E-state index >= 15 is 0 Å². The second-order valence-corrected chi connectivity index (χ2v) is 6.96. The quantitative estimate of drug-likeness (QED) is 0.921. The molecule has 1 N–H and O–H groups in total. The maximum absolute atomic E-state index is 4.71. The highest BCUT2D eigenvalue weighted by Crippen LogP contribution is 2.27. The number of nitrogens with zero attached hydrogens (tertiary/aromatic N) is 2. The van der Waals surface area contributed by atoms with Gasteiger partial charge in [-0.1, -0.05) is 24.3 Å². The van der Waals surface area contributed by atoms with E-state index < -0.39 is 0 Å². The molecular weight excluding hydrogens is 258 g/mol. The lowest BCUT2D eigenvalue weighted by Gasteiger charge is -2.25. The van der Waals surface area contributed by atoms with Gasteiger partial charge in [0.05, 0.1) is 0 Å². The van der Waals surface area contributed by atoms with Gasteiger partial charge in [-0.15, -0.1) is 0 Å². The Morgan fingerprint density at radius 2 is 1.76 bits per heavy atom. The lowest BCUT2D eigenvalue weighted by Crippen LogP contribution is -2.35. The minimum absolute atomic E-state index is 0.106. The van der Waals surface area contributed by atoms with E-state index in [1.807, 2.05) is 6.20 Å². The van der Waals surface area contributed by atoms with E-state index in [1.54, 1.807) is 0 Å². The zero-order valence-electron chi connectivity index (χ0n) is 14.1. The first-order valence-electron chi connectivity index (χ1n) is 7.64. The van der Waals surface area contributed by atoms with Gasteiger partial charge in [-0.05, 0) is 45.6 Å². The molecule has 0 bridgehead atoms. The Labute approximate surface area is 128 Å². The summed E-state index contributed by atoms with van der Waals surface area (Å²) in [6, 6.07) is 8.97. The lowest BCUT2D eigenvalue weighted by atomic mass is 10.0. The molecule has 0 saturated heterocycles. The summed E-state index contributed by atoms with van der Waals surface area (Å²) in [5.74, 6) is 1.06. The summed E-state index contributed by atoms with van der Waals surface area (Å²) in [7, 11) is 2.10. The molecule has 0 aliphatic heterocycles. The van der Waals surface area contributed by atoms with E-state index in [9.17, 15) is 0 Å². The zero-order chi connectivity index (χ0) is 15.6. The second kappa shape index (κ2) is 6.02. The van der Waals surface area contributed by atoms with E-state index in [4.69, 9.17) is 4.98 Å². The molecule has 0 amide bonds. The number of hydrogen-bond acceptors (Lipinski definition) is 3. The van der Waals surface area contributed by atoms with Gasteiger partial charge < -0.3 is 10.2 Å². The predicted molar refractivity (Wildman–Crippen MR) is 91.9 cm³/mol. The van der Waals surface area contributed by atoms with Gasteiger partial charge in [-0.25, -0.2) is 4.98 Å². The SMILES string of the molecule is CC(C)N(C)c1ncc(CNC(C)(C)C)c2ccccc12. The fourth-order valence-electron chi connectivity index (χ4n) is 2.26. The molecule has 0 fully saturated rings. The topological polar surface area (TPSA) is 28.2 Å². The molecule has 2 aromatic rings. The van der Waals surface area contributed by atoms with Crippen molar-refractivity contribution in [2.45, 2.75) is 52.7 Å². The van der Waals surface area contributed by atoms with Crippen molar-refractivity contribution in [2.24, 2.45) is 0 Å². The van der Waals surface area contributed by atoms with E-state index in [0.717, 1.165) is 12.4 Å². The van der Waals surface area contributed by atoms with Crippen LogP contribution >= 0.6 is 0 Å². The van der Waals surface area contributed by atoms with Gasteiger partial charge in [-0.3, -0.25) is 0 Å². The molecular formula is C18H27N3. The largest absolute Gasteiger partial charge is 0.357 e. The Kier molecular flexibility index (Phi) is 4.52. The maximum Gasteiger partial charge on any atom is 0.136 e. The Bertz CT molecular complexity index is 611. The van der Waals surface area contributed by atoms with Crippen LogP contribution in [-0.2, 0) is 6.54 Å². The molecule has 3 heteroatoms. The van der Waals surface area contributed by atoms with Crippen LogP contribution in [-0.4, -0.2) is 23.6 Å². The lowest BCUT2D eigenvalue weighted by molar-refractivity contribution is 0.425. The van der Waals surface area contributed by atoms with Crippen molar-refractivity contribution < 1.29 is 0 Å². The third kappa shape index (κ3) is 3.73. The van der Waals surface area contributed by atoms with Crippen LogP contribution < -0.4 is 10.2 Å². The van der Waals surface area contributed by atoms with E-state index in [-0.39, 0.29) is 5.54 Å². The van der Waals surface area contributed by atoms with Crippen LogP contribution in [0.15, 0.2) is 30.5 Å². The first-order valence-corrected chi connectivity index (χ1v) is 7.64. The Balaban J connectivity index is 2.45. The molecule has 0 radical (unpaired) electrons. The molecule has 3 nitrogen and oxygen atoms in total. The molecule has 1 aromatic heterocycles. The van der Waals surface area contributed by atoms with Crippen molar-refractivity contribution in [3.8, 4) is 0 Å². The van der Waals surface area contributed by atoms with Crippen molar-refractivity contribution in [3.63, 3.8) is 0 Å². The Morgan fingerprint density at radius 1 is 1.14 bits per heavy atom. The van der Waals surface area contributed by atoms with Gasteiger partial charge in [0.25, 0.3) is 0 Å². The molecule has 21 heavy (non-hydrogen) atoms. The Morgan fingerprint density at radius 3 is 2.33 bits per heavy atom. The maximum atomic E-state index is 4.71. The highest BCUT2D eigenvalue weighted by atomic mass is 15.2. The number of rotatable bonds is 4. The fraction of sp³-hybridized carbons (Fsp3) is 0.500. The highest BCUT2D eigenvalue weighted by Gasteiger charge is 2.14. The molecule has 0 unspecified atom stereocenters. The molecule has 114 valence electrons. The summed E-state index contributed by atoms with van der Waals surface area (Å²) in [6.45, 7) is 11.8. The summed E-state index contributed by atoms with van der Waals surface area (Å²) in [6.07, 6.45) is 2.01. The molecule has 0 atom stereocenters. The Hall–Kier alpha value is -1.61. The summed E-state index contributed by atoms with van der Waals surface area (Å²) in [4.78, 5) is 6.94. The van der Waals surface area contributed by atoms with Gasteiger partial charge in [0.2, 0.25) is 0 Å². The first-order chi connectivity index (χ1) is 9.79. The van der Waals surface area contributed by atoms with Crippen LogP contribution in [0.2, 0.25) is 0 Å². The smallest absolute Gasteiger partial charge is 0.136 e. The summed E-state index contributed by atoms with van der Waals surface area (Å²) < 4.78 is 0. The van der Waals surface area contributed by atoms with Crippen LogP contribution in [0.3, 0.4) is 0 Å². The molecule has 2 rings (SSSR count). The van der Waals surface area contributed by atoms with Gasteiger partial charge >= 0.3 is 0 Å². The molecule has 0 spiro atoms. The number of hydrogen-bond donors (Lipinski definition) is 1. The average molecular weight is 285 g/mol. The summed E-state index contributed by atoms with van der Waals surface area (Å²) >= 11 is 0. The molecule has 1 heterocycles. The molecule has 0 aliphatic rings. The second-order valence-electron chi connectivity index (χ2n) is 6.96. The monoisotopic (exact) mass is 285 g/mol. The van der Waals surface area contributed by atoms with Gasteiger partial charge in [-0.2, -0.15) is 0 Å².